The minimum absolute atomic E-state index is 0.0695. The summed E-state index contributed by atoms with van der Waals surface area (Å²) in [6.07, 6.45) is 6.54. The molecule has 5 atom stereocenters. The number of rotatable bonds is 8. The topological polar surface area (TPSA) is 108 Å². The van der Waals surface area contributed by atoms with Gasteiger partial charge in [0.05, 0.1) is 23.7 Å². The number of hydroxylamine groups is 2. The van der Waals surface area contributed by atoms with E-state index in [4.69, 9.17) is 15.3 Å². The van der Waals surface area contributed by atoms with Crippen LogP contribution in [0.15, 0.2) is 24.8 Å². The minimum Gasteiger partial charge on any atom is -0.504 e. The SMILES string of the molecule is C=CCN1CC[C@]23c4c5ccc(O)c4OC2C(N(OCCCCC)C(N)=O)CC[C@@]3(O)[C@H]1C5. The van der Waals surface area contributed by atoms with Gasteiger partial charge in [-0.2, -0.15) is 5.06 Å². The zero-order valence-corrected chi connectivity index (χ0v) is 19.3. The smallest absolute Gasteiger partial charge is 0.339 e. The van der Waals surface area contributed by atoms with Gasteiger partial charge >= 0.3 is 6.03 Å². The van der Waals surface area contributed by atoms with Gasteiger partial charge in [0.1, 0.15) is 6.10 Å². The number of carbonyl (C=O) groups excluding carboxylic acids is 1. The molecule has 0 radical (unpaired) electrons. The van der Waals surface area contributed by atoms with E-state index in [9.17, 15) is 15.0 Å². The van der Waals surface area contributed by atoms with E-state index in [0.717, 1.165) is 36.9 Å². The van der Waals surface area contributed by atoms with Gasteiger partial charge in [-0.3, -0.25) is 9.74 Å². The predicted molar refractivity (Wildman–Crippen MR) is 123 cm³/mol. The molecule has 0 aromatic heterocycles. The lowest BCUT2D eigenvalue weighted by atomic mass is 9.48. The fourth-order valence-electron chi connectivity index (χ4n) is 7.07. The first-order valence-corrected chi connectivity index (χ1v) is 12.2. The van der Waals surface area contributed by atoms with Gasteiger partial charge in [0.15, 0.2) is 11.5 Å². The molecule has 1 aromatic rings. The third-order valence-corrected chi connectivity index (χ3v) is 8.40. The first-order valence-electron chi connectivity index (χ1n) is 12.2. The number of hydrogen-bond acceptors (Lipinski definition) is 6. The Morgan fingerprint density at radius 1 is 1.42 bits per heavy atom. The van der Waals surface area contributed by atoms with Gasteiger partial charge in [-0.25, -0.2) is 4.79 Å². The van der Waals surface area contributed by atoms with Gasteiger partial charge in [0, 0.05) is 18.2 Å². The number of aromatic hydroxyl groups is 1. The summed E-state index contributed by atoms with van der Waals surface area (Å²) < 4.78 is 6.46. The second-order valence-corrected chi connectivity index (χ2v) is 9.95. The molecule has 1 saturated heterocycles. The van der Waals surface area contributed by atoms with Gasteiger partial charge in [-0.15, -0.1) is 6.58 Å². The van der Waals surface area contributed by atoms with E-state index in [1.807, 2.05) is 12.1 Å². The van der Waals surface area contributed by atoms with E-state index in [-0.39, 0.29) is 11.8 Å². The van der Waals surface area contributed by atoms with Crippen LogP contribution in [0.1, 0.15) is 56.6 Å². The van der Waals surface area contributed by atoms with Gasteiger partial charge in [-0.1, -0.05) is 31.9 Å². The van der Waals surface area contributed by atoms with Crippen molar-refractivity contribution >= 4 is 6.03 Å². The summed E-state index contributed by atoms with van der Waals surface area (Å²) in [4.78, 5) is 20.7. The van der Waals surface area contributed by atoms with Crippen LogP contribution < -0.4 is 10.5 Å². The van der Waals surface area contributed by atoms with E-state index in [1.165, 1.54) is 5.06 Å². The van der Waals surface area contributed by atoms with Crippen LogP contribution in [0, 0.1) is 0 Å². The van der Waals surface area contributed by atoms with Gasteiger partial charge in [0.2, 0.25) is 0 Å². The first-order chi connectivity index (χ1) is 15.9. The Kier molecular flexibility index (Phi) is 5.58. The molecule has 2 unspecified atom stereocenters. The Bertz CT molecular complexity index is 954. The molecule has 2 amide bonds. The number of phenolic OH excluding ortho intramolecular Hbond substituents is 1. The van der Waals surface area contributed by atoms with Gasteiger partial charge < -0.3 is 20.7 Å². The molecule has 1 aromatic carbocycles. The highest BCUT2D eigenvalue weighted by atomic mass is 16.7. The Morgan fingerprint density at radius 3 is 2.97 bits per heavy atom. The van der Waals surface area contributed by atoms with Crippen molar-refractivity contribution in [2.75, 3.05) is 19.7 Å². The van der Waals surface area contributed by atoms with Crippen molar-refractivity contribution < 1.29 is 24.6 Å². The Morgan fingerprint density at radius 2 is 2.24 bits per heavy atom. The monoisotopic (exact) mass is 457 g/mol. The molecule has 1 spiro atoms. The zero-order valence-electron chi connectivity index (χ0n) is 19.3. The summed E-state index contributed by atoms with van der Waals surface area (Å²) in [5.74, 6) is 0.508. The van der Waals surface area contributed by atoms with Crippen molar-refractivity contribution in [3.05, 3.63) is 35.9 Å². The lowest BCUT2D eigenvalue weighted by Crippen LogP contribution is -2.78. The molecule has 8 nitrogen and oxygen atoms in total. The Labute approximate surface area is 194 Å². The van der Waals surface area contributed by atoms with E-state index >= 15 is 0 Å². The maximum Gasteiger partial charge on any atom is 0.339 e. The molecule has 180 valence electrons. The molecule has 2 aliphatic heterocycles. The number of urea groups is 1. The fraction of sp³-hybridized carbons (Fsp3) is 0.640. The number of phenols is 1. The molecule has 33 heavy (non-hydrogen) atoms. The second kappa shape index (κ2) is 8.18. The third-order valence-electron chi connectivity index (χ3n) is 8.40. The van der Waals surface area contributed by atoms with Crippen LogP contribution in [0.2, 0.25) is 0 Å². The normalized spacial score (nSPS) is 33.8. The number of nitrogens with zero attached hydrogens (tertiary/aromatic N) is 2. The molecule has 4 aliphatic rings. The maximum absolute atomic E-state index is 12.5. The highest BCUT2D eigenvalue weighted by molar-refractivity contribution is 5.72. The lowest BCUT2D eigenvalue weighted by Gasteiger charge is -2.64. The first kappa shape index (κ1) is 22.5. The van der Waals surface area contributed by atoms with Crippen LogP contribution in [0.3, 0.4) is 0 Å². The number of amides is 2. The average Bonchev–Trinajstić information content (AvgIpc) is 3.14. The molecule has 2 fully saturated rings. The minimum atomic E-state index is -1.05. The summed E-state index contributed by atoms with van der Waals surface area (Å²) in [6, 6.07) is 2.42. The highest BCUT2D eigenvalue weighted by Gasteiger charge is 2.73. The summed E-state index contributed by atoms with van der Waals surface area (Å²) in [5, 5.41) is 24.3. The number of aliphatic hydroxyl groups is 1. The molecule has 2 heterocycles. The standard InChI is InChI=1S/C25H35N3O5/c1-3-5-6-14-32-28(23(26)30)17-9-10-25(31)19-15-16-7-8-18(29)21-20(16)24(25,22(17)33-21)11-13-27(19)12-4-2/h4,7-8,17,19,22,29,31H,2-3,5-6,9-15H2,1H3,(H2,26,30)/t17?,19-,22?,24+,25-/m1/s1. The number of carbonyl (C=O) groups is 1. The fourth-order valence-corrected chi connectivity index (χ4v) is 7.07. The molecule has 2 bridgehead atoms. The number of primary amides is 1. The van der Waals surface area contributed by atoms with Crippen LogP contribution in [-0.4, -0.2) is 69.7 Å². The van der Waals surface area contributed by atoms with Crippen LogP contribution in [0.5, 0.6) is 11.5 Å². The third kappa shape index (κ3) is 3.03. The molecular formula is C25H35N3O5. The van der Waals surface area contributed by atoms with E-state index < -0.39 is 29.2 Å². The van der Waals surface area contributed by atoms with E-state index in [1.54, 1.807) is 6.07 Å². The maximum atomic E-state index is 12.5. The molecule has 5 rings (SSSR count). The number of benzene rings is 1. The molecule has 2 aliphatic carbocycles. The van der Waals surface area contributed by atoms with Crippen LogP contribution in [0.25, 0.3) is 0 Å². The van der Waals surface area contributed by atoms with Gasteiger partial charge in [-0.05, 0) is 50.3 Å². The van der Waals surface area contributed by atoms with Crippen LogP contribution in [0.4, 0.5) is 4.79 Å². The number of unbranched alkanes of at least 4 members (excludes halogenated alkanes) is 2. The Hall–Kier alpha value is -2.29. The molecule has 8 heteroatoms. The average molecular weight is 458 g/mol. The lowest BCUT2D eigenvalue weighted by molar-refractivity contribution is -0.232. The van der Waals surface area contributed by atoms with Crippen LogP contribution >= 0.6 is 0 Å². The summed E-state index contributed by atoms with van der Waals surface area (Å²) in [5.41, 5.74) is 5.98. The number of nitrogens with two attached hydrogens (primary N) is 1. The van der Waals surface area contributed by atoms with Gasteiger partial charge in [0.25, 0.3) is 0 Å². The van der Waals surface area contributed by atoms with Crippen molar-refractivity contribution in [3.8, 4) is 11.5 Å². The second-order valence-electron chi connectivity index (χ2n) is 9.95. The van der Waals surface area contributed by atoms with E-state index in [2.05, 4.69) is 18.4 Å². The zero-order chi connectivity index (χ0) is 23.4. The Balaban J connectivity index is 1.58. The summed E-state index contributed by atoms with van der Waals surface area (Å²) in [7, 11) is 0. The van der Waals surface area contributed by atoms with Crippen molar-refractivity contribution in [1.29, 1.82) is 0 Å². The molecule has 1 saturated carbocycles. The summed E-state index contributed by atoms with van der Waals surface area (Å²) >= 11 is 0. The predicted octanol–water partition coefficient (Wildman–Crippen LogP) is 2.60. The van der Waals surface area contributed by atoms with E-state index in [0.29, 0.717) is 44.6 Å². The van der Waals surface area contributed by atoms with Crippen molar-refractivity contribution in [3.63, 3.8) is 0 Å². The van der Waals surface area contributed by atoms with Crippen molar-refractivity contribution in [2.24, 2.45) is 5.73 Å². The van der Waals surface area contributed by atoms with Crippen LogP contribution in [-0.2, 0) is 16.7 Å². The van der Waals surface area contributed by atoms with Crippen molar-refractivity contribution in [1.82, 2.24) is 9.96 Å². The number of ether oxygens (including phenoxy) is 1. The molecule has 4 N–H and O–H groups in total. The molecular weight excluding hydrogens is 422 g/mol. The quantitative estimate of drug-likeness (QED) is 0.315. The number of hydrogen-bond donors (Lipinski definition) is 3. The highest BCUT2D eigenvalue weighted by Crippen LogP contribution is 2.65. The number of piperidine rings is 1. The number of likely N-dealkylation sites (tertiary alicyclic amines) is 1. The van der Waals surface area contributed by atoms with Crippen molar-refractivity contribution in [2.45, 2.75) is 81.1 Å². The largest absolute Gasteiger partial charge is 0.504 e. The summed E-state index contributed by atoms with van der Waals surface area (Å²) in [6.45, 7) is 7.89.